The Bertz CT molecular complexity index is 1770. The van der Waals surface area contributed by atoms with Crippen molar-refractivity contribution in [2.24, 2.45) is 0 Å². The van der Waals surface area contributed by atoms with E-state index in [9.17, 15) is 4.39 Å². The van der Waals surface area contributed by atoms with E-state index in [1.165, 1.54) is 30.5 Å². The van der Waals surface area contributed by atoms with E-state index in [2.05, 4.69) is 60.4 Å². The molecule has 0 spiro atoms. The smallest absolute Gasteiger partial charge is 0.124 e. The first kappa shape index (κ1) is 22.8. The molecular formula is C31H27FN6. The van der Waals surface area contributed by atoms with Gasteiger partial charge in [-0.25, -0.2) is 4.39 Å². The quantitative estimate of drug-likeness (QED) is 0.270. The monoisotopic (exact) mass is 502 g/mol. The van der Waals surface area contributed by atoms with Crippen LogP contribution in [0.5, 0.6) is 0 Å². The van der Waals surface area contributed by atoms with E-state index in [0.29, 0.717) is 0 Å². The molecule has 0 unspecified atom stereocenters. The largest absolute Gasteiger partial charge is 0.353 e. The van der Waals surface area contributed by atoms with Gasteiger partial charge in [0.15, 0.2) is 0 Å². The number of likely N-dealkylation sites (tertiary alicyclic amines) is 1. The molecule has 0 saturated carbocycles. The number of halogens is 1. The lowest BCUT2D eigenvalue weighted by Crippen LogP contribution is -2.18. The number of fused-ring (bicyclic) bond motifs is 2. The van der Waals surface area contributed by atoms with Crippen LogP contribution < -0.4 is 0 Å². The summed E-state index contributed by atoms with van der Waals surface area (Å²) in [5, 5.41) is 9.78. The van der Waals surface area contributed by atoms with E-state index >= 15 is 0 Å². The number of H-pyrrole nitrogens is 2. The molecule has 4 aromatic heterocycles. The Morgan fingerprint density at radius 2 is 1.71 bits per heavy atom. The summed E-state index contributed by atoms with van der Waals surface area (Å²) >= 11 is 0. The fourth-order valence-corrected chi connectivity index (χ4v) is 5.61. The minimum Gasteiger partial charge on any atom is -0.353 e. The molecule has 0 aliphatic carbocycles. The topological polar surface area (TPSA) is 73.5 Å². The molecule has 1 aliphatic rings. The summed E-state index contributed by atoms with van der Waals surface area (Å²) in [4.78, 5) is 15.1. The molecule has 7 rings (SSSR count). The van der Waals surface area contributed by atoms with E-state index in [4.69, 9.17) is 0 Å². The van der Waals surface area contributed by atoms with Crippen molar-refractivity contribution in [3.05, 3.63) is 90.1 Å². The third-order valence-electron chi connectivity index (χ3n) is 7.41. The average molecular weight is 503 g/mol. The standard InChI is InChI=1S/C31H27FN6/c1-19-10-22(13-24(32)11-19)30-26-15-29(35-27(26)6-7-34-30)31-25-14-21(4-5-28(25)36-37-31)23-12-20(16-33-17-23)18-38-8-2-3-9-38/h4-7,10-17,35H,2-3,8-9,18H2,1H3,(H,36,37). The number of aromatic amines is 2. The summed E-state index contributed by atoms with van der Waals surface area (Å²) in [6, 6.07) is 17.6. The highest BCUT2D eigenvalue weighted by Crippen LogP contribution is 2.35. The zero-order valence-corrected chi connectivity index (χ0v) is 21.1. The summed E-state index contributed by atoms with van der Waals surface area (Å²) in [6.45, 7) is 5.15. The maximum Gasteiger partial charge on any atom is 0.124 e. The highest BCUT2D eigenvalue weighted by Gasteiger charge is 2.16. The fraction of sp³-hybridized carbons (Fsp3) is 0.194. The molecule has 6 nitrogen and oxygen atoms in total. The lowest BCUT2D eigenvalue weighted by atomic mass is 10.0. The van der Waals surface area contributed by atoms with Gasteiger partial charge in [-0.3, -0.25) is 20.0 Å². The number of hydrogen-bond acceptors (Lipinski definition) is 4. The van der Waals surface area contributed by atoms with Crippen LogP contribution in [-0.4, -0.2) is 43.1 Å². The second-order valence-corrected chi connectivity index (χ2v) is 10.2. The Hall–Kier alpha value is -4.36. The van der Waals surface area contributed by atoms with E-state index in [1.807, 2.05) is 31.5 Å². The van der Waals surface area contributed by atoms with Gasteiger partial charge in [0, 0.05) is 52.6 Å². The van der Waals surface area contributed by atoms with Gasteiger partial charge in [-0.2, -0.15) is 5.10 Å². The highest BCUT2D eigenvalue weighted by molar-refractivity contribution is 6.00. The molecule has 1 fully saturated rings. The zero-order chi connectivity index (χ0) is 25.6. The molecule has 2 aromatic carbocycles. The van der Waals surface area contributed by atoms with Crippen LogP contribution in [0.15, 0.2) is 73.2 Å². The SMILES string of the molecule is Cc1cc(F)cc(-c2nccc3[nH]c(-c4n[nH]c5ccc(-c6cncc(CN7CCCC7)c6)cc45)cc23)c1. The number of pyridine rings is 2. The second kappa shape index (κ2) is 9.19. The van der Waals surface area contributed by atoms with Crippen molar-refractivity contribution in [1.82, 2.24) is 30.0 Å². The van der Waals surface area contributed by atoms with Crippen molar-refractivity contribution in [3.8, 4) is 33.8 Å². The third-order valence-corrected chi connectivity index (χ3v) is 7.41. The van der Waals surface area contributed by atoms with Gasteiger partial charge in [-0.15, -0.1) is 0 Å². The van der Waals surface area contributed by atoms with Crippen LogP contribution in [0.1, 0.15) is 24.0 Å². The van der Waals surface area contributed by atoms with Crippen LogP contribution in [0.2, 0.25) is 0 Å². The van der Waals surface area contributed by atoms with Crippen molar-refractivity contribution in [2.45, 2.75) is 26.3 Å². The molecule has 0 radical (unpaired) electrons. The van der Waals surface area contributed by atoms with Crippen molar-refractivity contribution >= 4 is 21.8 Å². The van der Waals surface area contributed by atoms with Crippen LogP contribution in [0.25, 0.3) is 55.6 Å². The predicted octanol–water partition coefficient (Wildman–Crippen LogP) is 6.88. The van der Waals surface area contributed by atoms with Crippen LogP contribution in [0.4, 0.5) is 4.39 Å². The molecule has 5 heterocycles. The molecule has 1 saturated heterocycles. The molecule has 2 N–H and O–H groups in total. The highest BCUT2D eigenvalue weighted by atomic mass is 19.1. The number of benzene rings is 2. The minimum atomic E-state index is -0.264. The first-order valence-corrected chi connectivity index (χ1v) is 13.0. The van der Waals surface area contributed by atoms with Gasteiger partial charge in [-0.1, -0.05) is 6.07 Å². The maximum atomic E-state index is 14.2. The van der Waals surface area contributed by atoms with Crippen LogP contribution >= 0.6 is 0 Å². The van der Waals surface area contributed by atoms with Gasteiger partial charge in [0.1, 0.15) is 11.5 Å². The molecule has 38 heavy (non-hydrogen) atoms. The van der Waals surface area contributed by atoms with Crippen LogP contribution in [0, 0.1) is 12.7 Å². The third kappa shape index (κ3) is 4.15. The normalized spacial score (nSPS) is 14.2. The van der Waals surface area contributed by atoms with Crippen molar-refractivity contribution in [3.63, 3.8) is 0 Å². The molecule has 188 valence electrons. The van der Waals surface area contributed by atoms with Gasteiger partial charge in [0.05, 0.1) is 16.9 Å². The van der Waals surface area contributed by atoms with Crippen molar-refractivity contribution in [2.75, 3.05) is 13.1 Å². The Morgan fingerprint density at radius 3 is 2.58 bits per heavy atom. The number of nitrogens with one attached hydrogen (secondary N) is 2. The van der Waals surface area contributed by atoms with E-state index in [-0.39, 0.29) is 5.82 Å². The number of nitrogens with zero attached hydrogens (tertiary/aromatic N) is 4. The molecular weight excluding hydrogens is 475 g/mol. The number of aryl methyl sites for hydroxylation is 1. The summed E-state index contributed by atoms with van der Waals surface area (Å²) < 4.78 is 14.2. The summed E-state index contributed by atoms with van der Waals surface area (Å²) in [5.74, 6) is -0.264. The molecule has 7 heteroatoms. The Labute approximate surface area is 219 Å². The lowest BCUT2D eigenvalue weighted by Gasteiger charge is -2.14. The van der Waals surface area contributed by atoms with E-state index < -0.39 is 0 Å². The van der Waals surface area contributed by atoms with Gasteiger partial charge in [-0.05, 0) is 98.1 Å². The summed E-state index contributed by atoms with van der Waals surface area (Å²) in [7, 11) is 0. The summed E-state index contributed by atoms with van der Waals surface area (Å²) in [6.07, 6.45) is 8.21. The number of hydrogen-bond donors (Lipinski definition) is 2. The van der Waals surface area contributed by atoms with Gasteiger partial charge in [0.25, 0.3) is 0 Å². The Morgan fingerprint density at radius 1 is 0.842 bits per heavy atom. The van der Waals surface area contributed by atoms with Crippen molar-refractivity contribution < 1.29 is 4.39 Å². The lowest BCUT2D eigenvalue weighted by molar-refractivity contribution is 0.331. The first-order valence-electron chi connectivity index (χ1n) is 13.0. The fourth-order valence-electron chi connectivity index (χ4n) is 5.61. The molecule has 0 atom stereocenters. The molecule has 6 aromatic rings. The van der Waals surface area contributed by atoms with Gasteiger partial charge < -0.3 is 4.98 Å². The zero-order valence-electron chi connectivity index (χ0n) is 21.1. The molecule has 1 aliphatic heterocycles. The molecule has 0 bridgehead atoms. The van der Waals surface area contributed by atoms with Gasteiger partial charge >= 0.3 is 0 Å². The van der Waals surface area contributed by atoms with Gasteiger partial charge in [0.2, 0.25) is 0 Å². The Kier molecular flexibility index (Phi) is 5.51. The van der Waals surface area contributed by atoms with Crippen molar-refractivity contribution in [1.29, 1.82) is 0 Å². The first-order chi connectivity index (χ1) is 18.6. The predicted molar refractivity (Wildman–Crippen MR) is 149 cm³/mol. The average Bonchev–Trinajstić information content (AvgIpc) is 3.67. The van der Waals surface area contributed by atoms with Crippen LogP contribution in [0.3, 0.4) is 0 Å². The number of aromatic nitrogens is 5. The maximum absolute atomic E-state index is 14.2. The van der Waals surface area contributed by atoms with E-state index in [0.717, 1.165) is 80.8 Å². The number of rotatable bonds is 5. The van der Waals surface area contributed by atoms with E-state index in [1.54, 1.807) is 6.20 Å². The minimum absolute atomic E-state index is 0.264. The Balaban J connectivity index is 1.28. The van der Waals surface area contributed by atoms with Crippen LogP contribution in [-0.2, 0) is 6.54 Å². The molecule has 0 amide bonds. The summed E-state index contributed by atoms with van der Waals surface area (Å²) in [5.41, 5.74) is 9.40. The second-order valence-electron chi connectivity index (χ2n) is 10.2.